The van der Waals surface area contributed by atoms with E-state index in [1.165, 1.54) is 40.1 Å². The van der Waals surface area contributed by atoms with Crippen LogP contribution in [0.2, 0.25) is 0 Å². The van der Waals surface area contributed by atoms with E-state index in [4.69, 9.17) is 4.98 Å². The first-order chi connectivity index (χ1) is 16.0. The molecule has 1 aliphatic carbocycles. The van der Waals surface area contributed by atoms with Crippen molar-refractivity contribution in [1.29, 1.82) is 0 Å². The largest absolute Gasteiger partial charge is 0.368 e. The molecule has 33 heavy (non-hydrogen) atoms. The lowest BCUT2D eigenvalue weighted by atomic mass is 10.1. The zero-order valence-corrected chi connectivity index (χ0v) is 20.4. The Morgan fingerprint density at radius 3 is 2.70 bits per heavy atom. The summed E-state index contributed by atoms with van der Waals surface area (Å²) in [5.41, 5.74) is 5.06. The molecule has 0 bridgehead atoms. The van der Waals surface area contributed by atoms with Crippen LogP contribution in [-0.2, 0) is 24.1 Å². The Labute approximate surface area is 198 Å². The number of aryl methyl sites for hydroxylation is 4. The third-order valence-corrected chi connectivity index (χ3v) is 8.43. The Bertz CT molecular complexity index is 1240. The summed E-state index contributed by atoms with van der Waals surface area (Å²) in [6, 6.07) is 6.41. The second-order valence-corrected chi connectivity index (χ2v) is 10.4. The molecule has 1 amide bonds. The van der Waals surface area contributed by atoms with Crippen LogP contribution < -0.4 is 10.5 Å². The molecule has 0 unspecified atom stereocenters. The zero-order valence-electron chi connectivity index (χ0n) is 19.6. The molecule has 174 valence electrons. The van der Waals surface area contributed by atoms with Gasteiger partial charge in [-0.3, -0.25) is 9.59 Å². The van der Waals surface area contributed by atoms with Gasteiger partial charge in [0, 0.05) is 49.6 Å². The van der Waals surface area contributed by atoms with Crippen LogP contribution >= 0.6 is 11.3 Å². The van der Waals surface area contributed by atoms with Gasteiger partial charge in [0.1, 0.15) is 10.7 Å². The summed E-state index contributed by atoms with van der Waals surface area (Å²) >= 11 is 1.67. The molecule has 6 nitrogen and oxygen atoms in total. The van der Waals surface area contributed by atoms with Crippen LogP contribution in [0.4, 0.5) is 5.69 Å². The lowest BCUT2D eigenvalue weighted by Crippen LogP contribution is -2.49. The quantitative estimate of drug-likeness (QED) is 0.589. The highest BCUT2D eigenvalue weighted by molar-refractivity contribution is 7.18. The first kappa shape index (κ1) is 22.1. The van der Waals surface area contributed by atoms with Gasteiger partial charge in [0.25, 0.3) is 5.56 Å². The van der Waals surface area contributed by atoms with E-state index in [0.717, 1.165) is 55.7 Å². The number of H-pyrrole nitrogens is 1. The topological polar surface area (TPSA) is 69.3 Å². The number of carbonyl (C=O) groups excluding carboxylic acids is 1. The van der Waals surface area contributed by atoms with Gasteiger partial charge in [-0.2, -0.15) is 0 Å². The first-order valence-electron chi connectivity index (χ1n) is 12.1. The average molecular weight is 465 g/mol. The van der Waals surface area contributed by atoms with E-state index in [2.05, 4.69) is 41.9 Å². The normalized spacial score (nSPS) is 16.7. The second-order valence-electron chi connectivity index (χ2n) is 9.34. The molecule has 7 heteroatoms. The molecule has 3 heterocycles. The Morgan fingerprint density at radius 2 is 1.88 bits per heavy atom. The molecule has 0 atom stereocenters. The number of piperazine rings is 1. The summed E-state index contributed by atoms with van der Waals surface area (Å²) in [6.45, 7) is 7.45. The number of fused-ring (bicyclic) bond motifs is 3. The monoisotopic (exact) mass is 464 g/mol. The number of nitrogens with zero attached hydrogens (tertiary/aromatic N) is 3. The minimum absolute atomic E-state index is 0.0380. The van der Waals surface area contributed by atoms with E-state index < -0.39 is 0 Å². The molecule has 3 aromatic rings. The van der Waals surface area contributed by atoms with Gasteiger partial charge in [0.2, 0.25) is 5.91 Å². The van der Waals surface area contributed by atoms with Gasteiger partial charge in [0.05, 0.1) is 5.39 Å². The highest BCUT2D eigenvalue weighted by Crippen LogP contribution is 2.33. The fraction of sp³-hybridized carbons (Fsp3) is 0.500. The summed E-state index contributed by atoms with van der Waals surface area (Å²) in [6.07, 6.45) is 6.45. The molecule has 1 saturated heterocycles. The molecular weight excluding hydrogens is 432 g/mol. The van der Waals surface area contributed by atoms with Crippen molar-refractivity contribution in [2.75, 3.05) is 31.1 Å². The van der Waals surface area contributed by atoms with Gasteiger partial charge in [-0.15, -0.1) is 11.3 Å². The predicted octanol–water partition coefficient (Wildman–Crippen LogP) is 4.15. The van der Waals surface area contributed by atoms with Crippen molar-refractivity contribution < 1.29 is 4.79 Å². The minimum Gasteiger partial charge on any atom is -0.368 e. The summed E-state index contributed by atoms with van der Waals surface area (Å²) in [5.74, 6) is 0.770. The molecule has 2 aliphatic rings. The second kappa shape index (κ2) is 9.29. The summed E-state index contributed by atoms with van der Waals surface area (Å²) in [7, 11) is 0. The number of benzene rings is 1. The van der Waals surface area contributed by atoms with Crippen LogP contribution in [0.1, 0.15) is 53.1 Å². The maximum Gasteiger partial charge on any atom is 0.259 e. The minimum atomic E-state index is -0.0380. The maximum absolute atomic E-state index is 12.9. The predicted molar refractivity (Wildman–Crippen MR) is 135 cm³/mol. The van der Waals surface area contributed by atoms with Gasteiger partial charge in [-0.25, -0.2) is 4.98 Å². The number of anilines is 1. The smallest absolute Gasteiger partial charge is 0.259 e. The van der Waals surface area contributed by atoms with Gasteiger partial charge in [-0.05, 0) is 62.3 Å². The third kappa shape index (κ3) is 4.43. The molecular formula is C26H32N4O2S. The van der Waals surface area contributed by atoms with E-state index in [-0.39, 0.29) is 11.5 Å². The molecule has 0 spiro atoms. The maximum atomic E-state index is 12.9. The number of nitrogens with one attached hydrogen (secondary N) is 1. The van der Waals surface area contributed by atoms with Crippen LogP contribution in [0.3, 0.4) is 0 Å². The number of aromatic amines is 1. The molecule has 1 fully saturated rings. The Morgan fingerprint density at radius 1 is 1.09 bits per heavy atom. The summed E-state index contributed by atoms with van der Waals surface area (Å²) in [5, 5.41) is 0.787. The van der Waals surface area contributed by atoms with Crippen molar-refractivity contribution in [3.05, 3.63) is 55.9 Å². The molecule has 2 aromatic heterocycles. The van der Waals surface area contributed by atoms with Crippen molar-refractivity contribution in [3.63, 3.8) is 0 Å². The number of amides is 1. The van der Waals surface area contributed by atoms with Gasteiger partial charge < -0.3 is 14.8 Å². The lowest BCUT2D eigenvalue weighted by molar-refractivity contribution is -0.131. The van der Waals surface area contributed by atoms with Gasteiger partial charge >= 0.3 is 0 Å². The van der Waals surface area contributed by atoms with Crippen LogP contribution in [-0.4, -0.2) is 47.0 Å². The lowest BCUT2D eigenvalue weighted by Gasteiger charge is -2.37. The van der Waals surface area contributed by atoms with Gasteiger partial charge in [-0.1, -0.05) is 18.6 Å². The van der Waals surface area contributed by atoms with Crippen LogP contribution in [0, 0.1) is 13.8 Å². The first-order valence-corrected chi connectivity index (χ1v) is 13.0. The standard InChI is InChI=1S/C26H32N4O2S/c1-17-7-6-9-20(18(17)2)29-13-15-30(16-14-29)23(31)12-11-22-27-25(32)24-19-8-4-3-5-10-21(19)33-26(24)28-22/h6-7,9H,3-5,8,10-16H2,1-2H3,(H,27,28,32). The zero-order chi connectivity index (χ0) is 22.9. The van der Waals surface area contributed by atoms with E-state index in [9.17, 15) is 9.59 Å². The van der Waals surface area contributed by atoms with Crippen molar-refractivity contribution in [1.82, 2.24) is 14.9 Å². The Hall–Kier alpha value is -2.67. The summed E-state index contributed by atoms with van der Waals surface area (Å²) in [4.78, 5) is 39.9. The SMILES string of the molecule is Cc1cccc(N2CCN(C(=O)CCc3nc4sc5c(c4c(=O)[nH]3)CCCCC5)CC2)c1C. The van der Waals surface area contributed by atoms with Crippen LogP contribution in [0.25, 0.3) is 10.2 Å². The number of hydrogen-bond donors (Lipinski definition) is 1. The number of hydrogen-bond acceptors (Lipinski definition) is 5. The number of thiophene rings is 1. The number of rotatable bonds is 4. The Balaban J connectivity index is 1.22. The molecule has 1 aromatic carbocycles. The molecule has 1 aliphatic heterocycles. The van der Waals surface area contributed by atoms with Crippen LogP contribution in [0.15, 0.2) is 23.0 Å². The van der Waals surface area contributed by atoms with Crippen molar-refractivity contribution >= 4 is 33.1 Å². The number of aromatic nitrogens is 2. The number of carbonyl (C=O) groups is 1. The highest BCUT2D eigenvalue weighted by Gasteiger charge is 2.23. The molecule has 0 saturated carbocycles. The molecule has 5 rings (SSSR count). The van der Waals surface area contributed by atoms with Crippen molar-refractivity contribution in [2.45, 2.75) is 58.8 Å². The van der Waals surface area contributed by atoms with Crippen LogP contribution in [0.5, 0.6) is 0 Å². The van der Waals surface area contributed by atoms with E-state index >= 15 is 0 Å². The van der Waals surface area contributed by atoms with E-state index in [0.29, 0.717) is 18.7 Å². The molecule has 1 N–H and O–H groups in total. The average Bonchev–Trinajstić information content (AvgIpc) is 3.01. The fourth-order valence-electron chi connectivity index (χ4n) is 5.16. The van der Waals surface area contributed by atoms with Gasteiger partial charge in [0.15, 0.2) is 0 Å². The Kier molecular flexibility index (Phi) is 6.23. The summed E-state index contributed by atoms with van der Waals surface area (Å²) < 4.78 is 0. The fourth-order valence-corrected chi connectivity index (χ4v) is 6.44. The van der Waals surface area contributed by atoms with Crippen molar-refractivity contribution in [3.8, 4) is 0 Å². The highest BCUT2D eigenvalue weighted by atomic mass is 32.1. The van der Waals surface area contributed by atoms with E-state index in [1.807, 2.05) is 4.90 Å². The van der Waals surface area contributed by atoms with E-state index in [1.54, 1.807) is 11.3 Å². The van der Waals surface area contributed by atoms with Crippen molar-refractivity contribution in [2.24, 2.45) is 0 Å². The molecule has 0 radical (unpaired) electrons. The third-order valence-electron chi connectivity index (χ3n) is 7.25.